The van der Waals surface area contributed by atoms with E-state index in [0.29, 0.717) is 25.9 Å². The zero-order chi connectivity index (χ0) is 50.4. The van der Waals surface area contributed by atoms with Gasteiger partial charge in [-0.25, -0.2) is 0 Å². The lowest BCUT2D eigenvalue weighted by Gasteiger charge is -2.58. The number of carbonyl (C=O) groups is 2. The molecule has 69 heavy (non-hydrogen) atoms. The summed E-state index contributed by atoms with van der Waals surface area (Å²) in [6.07, 6.45) is 58.9. The number of aliphatic hydroxyl groups excluding tert-OH is 2. The topological polar surface area (TPSA) is 93.1 Å². The van der Waals surface area contributed by atoms with Gasteiger partial charge in [-0.1, -0.05) is 251 Å². The second kappa shape index (κ2) is 46.4. The molecule has 408 valence electrons. The minimum absolute atomic E-state index is 0.0658. The van der Waals surface area contributed by atoms with Crippen LogP contribution in [0.5, 0.6) is 0 Å². The minimum Gasteiger partial charge on any atom is -0.396 e. The molecule has 0 aliphatic heterocycles. The molecule has 0 unspecified atom stereocenters. The average Bonchev–Trinajstić information content (AvgIpc) is 3.33. The van der Waals surface area contributed by atoms with E-state index in [0.717, 1.165) is 64.3 Å². The summed E-state index contributed by atoms with van der Waals surface area (Å²) < 4.78 is 0. The first-order valence-electron chi connectivity index (χ1n) is 30.9. The highest BCUT2D eigenvalue weighted by molar-refractivity contribution is 5.93. The van der Waals surface area contributed by atoms with E-state index in [1.54, 1.807) is 0 Å². The number of aliphatic hydroxyl groups is 2. The third-order valence-electron chi connectivity index (χ3n) is 15.8. The Bertz CT molecular complexity index is 1130. The van der Waals surface area contributed by atoms with Crippen LogP contribution in [0.1, 0.15) is 310 Å². The van der Waals surface area contributed by atoms with Crippen molar-refractivity contribution in [3.05, 3.63) is 12.2 Å². The number of amides is 2. The van der Waals surface area contributed by atoms with Crippen molar-refractivity contribution in [2.75, 3.05) is 46.9 Å². The summed E-state index contributed by atoms with van der Waals surface area (Å²) in [4.78, 5) is 34.1. The van der Waals surface area contributed by atoms with Gasteiger partial charge in [0.25, 0.3) is 0 Å². The van der Waals surface area contributed by atoms with E-state index < -0.39 is 11.0 Å². The molecular formula is C62H121N3O4. The summed E-state index contributed by atoms with van der Waals surface area (Å²) in [5, 5.41) is 24.5. The molecule has 1 aliphatic rings. The Balaban J connectivity index is 2.94. The van der Waals surface area contributed by atoms with Crippen molar-refractivity contribution >= 4 is 11.8 Å². The molecule has 0 bridgehead atoms. The summed E-state index contributed by atoms with van der Waals surface area (Å²) >= 11 is 0. The van der Waals surface area contributed by atoms with Crippen LogP contribution in [0.4, 0.5) is 0 Å². The second-order valence-electron chi connectivity index (χ2n) is 22.8. The summed E-state index contributed by atoms with van der Waals surface area (Å²) in [6, 6.07) is 0. The Morgan fingerprint density at radius 2 is 0.797 bits per heavy atom. The Hall–Kier alpha value is -1.44. The van der Waals surface area contributed by atoms with Crippen molar-refractivity contribution < 1.29 is 19.8 Å². The minimum atomic E-state index is -1.02. The van der Waals surface area contributed by atoms with E-state index in [-0.39, 0.29) is 30.9 Å². The maximum atomic E-state index is 15.3. The molecule has 1 rings (SSSR count). The van der Waals surface area contributed by atoms with Crippen LogP contribution in [0, 0.1) is 11.3 Å². The molecule has 1 aliphatic carbocycles. The number of carbonyl (C=O) groups excluding carboxylic acids is 2. The van der Waals surface area contributed by atoms with E-state index in [1.165, 1.54) is 218 Å². The van der Waals surface area contributed by atoms with Crippen LogP contribution in [0.25, 0.3) is 0 Å². The van der Waals surface area contributed by atoms with E-state index in [1.807, 2.05) is 4.90 Å². The average molecular weight is 973 g/mol. The van der Waals surface area contributed by atoms with Crippen LogP contribution in [0.2, 0.25) is 0 Å². The molecule has 0 aromatic carbocycles. The third-order valence-corrected chi connectivity index (χ3v) is 15.8. The molecule has 0 aromatic heterocycles. The quantitative estimate of drug-likeness (QED) is 0.0417. The molecule has 7 nitrogen and oxygen atoms in total. The molecule has 0 saturated heterocycles. The molecule has 1 saturated carbocycles. The predicted molar refractivity (Wildman–Crippen MR) is 300 cm³/mol. The van der Waals surface area contributed by atoms with Gasteiger partial charge in [0, 0.05) is 24.4 Å². The Kier molecular flexibility index (Phi) is 44.1. The van der Waals surface area contributed by atoms with E-state index in [9.17, 15) is 15.0 Å². The fourth-order valence-corrected chi connectivity index (χ4v) is 11.2. The van der Waals surface area contributed by atoms with E-state index >= 15 is 4.79 Å². The number of allylic oxidation sites excluding steroid dienone is 2. The molecule has 2 amide bonds. The standard InChI is InChI=1S/C62H121N3O4/c1-6-9-12-15-18-21-24-27-28-29-30-33-36-39-42-46-51-63-60(69)62(54-61(55-62,56-66)57-67)65(53-48-43-47-52-64(4)5)59(68)58(49-44-40-37-34-31-25-22-19-16-13-10-7-2)50-45-41-38-35-32-26-23-20-17-14-11-8-3/h27-28,58,66-67H,6-26,29-57H2,1-5H3,(H,63,69)/b28-27-. The van der Waals surface area contributed by atoms with Crippen molar-refractivity contribution in [2.45, 2.75) is 315 Å². The normalized spacial score (nSPS) is 14.3. The maximum Gasteiger partial charge on any atom is 0.246 e. The van der Waals surface area contributed by atoms with Crippen LogP contribution < -0.4 is 5.32 Å². The van der Waals surface area contributed by atoms with Crippen molar-refractivity contribution in [1.29, 1.82) is 0 Å². The fraction of sp³-hybridized carbons (Fsp3) is 0.935. The first-order chi connectivity index (χ1) is 33.8. The molecular weight excluding hydrogens is 851 g/mol. The smallest absolute Gasteiger partial charge is 0.246 e. The lowest BCUT2D eigenvalue weighted by Crippen LogP contribution is -2.72. The van der Waals surface area contributed by atoms with E-state index in [2.05, 4.69) is 57.2 Å². The summed E-state index contributed by atoms with van der Waals surface area (Å²) in [5.41, 5.74) is -1.75. The predicted octanol–water partition coefficient (Wildman–Crippen LogP) is 17.0. The molecule has 1 fully saturated rings. The molecule has 0 spiro atoms. The zero-order valence-electron chi connectivity index (χ0n) is 47.2. The Morgan fingerprint density at radius 1 is 0.464 bits per heavy atom. The fourth-order valence-electron chi connectivity index (χ4n) is 11.2. The first-order valence-corrected chi connectivity index (χ1v) is 30.9. The van der Waals surface area contributed by atoms with Crippen molar-refractivity contribution in [1.82, 2.24) is 15.1 Å². The number of nitrogens with one attached hydrogen (secondary N) is 1. The summed E-state index contributed by atoms with van der Waals surface area (Å²) in [6.45, 7) is 8.70. The lowest BCUT2D eigenvalue weighted by atomic mass is 9.56. The van der Waals surface area contributed by atoms with Gasteiger partial charge < -0.3 is 25.3 Å². The molecule has 0 radical (unpaired) electrons. The highest BCUT2D eigenvalue weighted by Crippen LogP contribution is 2.52. The first kappa shape index (κ1) is 65.6. The largest absolute Gasteiger partial charge is 0.396 e. The van der Waals surface area contributed by atoms with Crippen molar-refractivity contribution in [3.8, 4) is 0 Å². The van der Waals surface area contributed by atoms with Gasteiger partial charge in [0.1, 0.15) is 5.54 Å². The molecule has 0 aromatic rings. The molecule has 0 heterocycles. The second-order valence-corrected chi connectivity index (χ2v) is 22.8. The number of rotatable bonds is 53. The number of hydrogen-bond donors (Lipinski definition) is 3. The SMILES string of the molecule is CCCCCCCC/C=C\CCCCCCCCNC(=O)C1(N(CCCCCN(C)C)C(=O)C(CCCCCCCCCCCCCC)CCCCCCCCCCCCCC)CC(CO)(CO)C1. The van der Waals surface area contributed by atoms with Gasteiger partial charge in [0.2, 0.25) is 11.8 Å². The zero-order valence-corrected chi connectivity index (χ0v) is 47.2. The van der Waals surface area contributed by atoms with Gasteiger partial charge in [-0.05, 0) is 91.3 Å². The molecule has 7 heteroatoms. The molecule has 3 N–H and O–H groups in total. The highest BCUT2D eigenvalue weighted by Gasteiger charge is 2.62. The van der Waals surface area contributed by atoms with Crippen LogP contribution in [-0.4, -0.2) is 84.3 Å². The molecule has 0 atom stereocenters. The van der Waals surface area contributed by atoms with Crippen LogP contribution in [0.3, 0.4) is 0 Å². The third kappa shape index (κ3) is 33.1. The van der Waals surface area contributed by atoms with Gasteiger partial charge in [-0.3, -0.25) is 9.59 Å². The van der Waals surface area contributed by atoms with Gasteiger partial charge >= 0.3 is 0 Å². The van der Waals surface area contributed by atoms with E-state index in [4.69, 9.17) is 0 Å². The van der Waals surface area contributed by atoms with Crippen molar-refractivity contribution in [2.24, 2.45) is 11.3 Å². The lowest BCUT2D eigenvalue weighted by molar-refractivity contribution is -0.177. The number of nitrogens with zero attached hydrogens (tertiary/aromatic N) is 2. The van der Waals surface area contributed by atoms with Crippen LogP contribution >= 0.6 is 0 Å². The van der Waals surface area contributed by atoms with Gasteiger partial charge in [0.05, 0.1) is 13.2 Å². The van der Waals surface area contributed by atoms with Gasteiger partial charge in [-0.15, -0.1) is 0 Å². The number of unbranched alkanes of at least 4 members (excludes halogenated alkanes) is 36. The highest BCUT2D eigenvalue weighted by atomic mass is 16.3. The van der Waals surface area contributed by atoms with Crippen molar-refractivity contribution in [3.63, 3.8) is 0 Å². The summed E-state index contributed by atoms with van der Waals surface area (Å²) in [7, 11) is 4.22. The summed E-state index contributed by atoms with van der Waals surface area (Å²) in [5.74, 6) is 0.00582. The van der Waals surface area contributed by atoms with Crippen LogP contribution in [-0.2, 0) is 9.59 Å². The maximum absolute atomic E-state index is 15.3. The van der Waals surface area contributed by atoms with Gasteiger partial charge in [-0.2, -0.15) is 0 Å². The monoisotopic (exact) mass is 972 g/mol. The number of hydrogen-bond acceptors (Lipinski definition) is 5. The van der Waals surface area contributed by atoms with Gasteiger partial charge in [0.15, 0.2) is 0 Å². The Labute approximate surface area is 430 Å². The van der Waals surface area contributed by atoms with Crippen LogP contribution in [0.15, 0.2) is 12.2 Å². The Morgan fingerprint density at radius 3 is 1.17 bits per heavy atom.